The summed E-state index contributed by atoms with van der Waals surface area (Å²) >= 11 is 0. The summed E-state index contributed by atoms with van der Waals surface area (Å²) in [6.07, 6.45) is 3.54. The molecule has 0 atom stereocenters. The fourth-order valence-electron chi connectivity index (χ4n) is 3.41. The number of carbonyl (C=O) groups is 1. The van der Waals surface area contributed by atoms with Gasteiger partial charge in [-0.15, -0.1) is 0 Å². The average Bonchev–Trinajstić information content (AvgIpc) is 2.99. The summed E-state index contributed by atoms with van der Waals surface area (Å²) in [7, 11) is 0. The normalized spacial score (nSPS) is 11.4. The van der Waals surface area contributed by atoms with Gasteiger partial charge in [-0.3, -0.25) is 9.78 Å². The van der Waals surface area contributed by atoms with Crippen molar-refractivity contribution in [2.75, 3.05) is 13.1 Å². The molecule has 1 amide bonds. The Morgan fingerprint density at radius 2 is 2.04 bits per heavy atom. The van der Waals surface area contributed by atoms with E-state index in [1.807, 2.05) is 30.5 Å². The lowest BCUT2D eigenvalue weighted by atomic mass is 9.96. The van der Waals surface area contributed by atoms with Gasteiger partial charge < -0.3 is 16.0 Å². The van der Waals surface area contributed by atoms with E-state index in [0.717, 1.165) is 38.1 Å². The van der Waals surface area contributed by atoms with Gasteiger partial charge in [0.2, 0.25) is 0 Å². The predicted molar refractivity (Wildman–Crippen MR) is 97.2 cm³/mol. The zero-order chi connectivity index (χ0) is 16.7. The maximum atomic E-state index is 12.8. The van der Waals surface area contributed by atoms with Crippen LogP contribution < -0.4 is 11.1 Å². The smallest absolute Gasteiger partial charge is 0.254 e. The van der Waals surface area contributed by atoms with Crippen molar-refractivity contribution in [3.8, 4) is 0 Å². The lowest BCUT2D eigenvalue weighted by Crippen LogP contribution is -2.29. The van der Waals surface area contributed by atoms with Gasteiger partial charge in [-0.25, -0.2) is 0 Å². The minimum Gasteiger partial charge on any atom is -0.354 e. The van der Waals surface area contributed by atoms with Crippen LogP contribution in [0.5, 0.6) is 0 Å². The number of rotatable bonds is 3. The van der Waals surface area contributed by atoms with Crippen LogP contribution in [0, 0.1) is 6.92 Å². The summed E-state index contributed by atoms with van der Waals surface area (Å²) < 4.78 is 0. The molecule has 4 rings (SSSR count). The van der Waals surface area contributed by atoms with E-state index in [9.17, 15) is 4.79 Å². The number of carbonyl (C=O) groups excluding carboxylic acids is 1. The van der Waals surface area contributed by atoms with Crippen LogP contribution in [-0.4, -0.2) is 29.0 Å². The molecule has 0 fully saturated rings. The number of aromatic nitrogens is 2. The SMILES string of the molecule is Cc1c2cnccc2c(C(=O)NCCN)c2[nH]c3ccccc3c12. The number of hydrogen-bond acceptors (Lipinski definition) is 3. The third-order valence-electron chi connectivity index (χ3n) is 4.48. The molecule has 0 aliphatic heterocycles. The van der Waals surface area contributed by atoms with E-state index in [2.05, 4.69) is 28.3 Å². The van der Waals surface area contributed by atoms with Crippen molar-refractivity contribution in [1.82, 2.24) is 15.3 Å². The molecule has 120 valence electrons. The van der Waals surface area contributed by atoms with Crippen LogP contribution in [0.4, 0.5) is 0 Å². The molecule has 5 heteroatoms. The number of H-pyrrole nitrogens is 1. The number of nitrogens with two attached hydrogens (primary N) is 1. The van der Waals surface area contributed by atoms with E-state index < -0.39 is 0 Å². The van der Waals surface area contributed by atoms with Crippen LogP contribution in [0.3, 0.4) is 0 Å². The number of aryl methyl sites for hydroxylation is 1. The summed E-state index contributed by atoms with van der Waals surface area (Å²) in [5.74, 6) is -0.117. The molecule has 0 spiro atoms. The van der Waals surface area contributed by atoms with Crippen LogP contribution in [0.25, 0.3) is 32.6 Å². The molecular weight excluding hydrogens is 300 g/mol. The zero-order valence-corrected chi connectivity index (χ0v) is 13.4. The van der Waals surface area contributed by atoms with Gasteiger partial charge in [0.05, 0.1) is 11.1 Å². The first-order valence-electron chi connectivity index (χ1n) is 7.97. The summed E-state index contributed by atoms with van der Waals surface area (Å²) in [6.45, 7) is 2.93. The highest BCUT2D eigenvalue weighted by Gasteiger charge is 2.20. The Kier molecular flexibility index (Phi) is 3.43. The summed E-state index contributed by atoms with van der Waals surface area (Å²) in [6, 6.07) is 9.99. The van der Waals surface area contributed by atoms with Crippen molar-refractivity contribution in [2.24, 2.45) is 5.73 Å². The number of nitrogens with one attached hydrogen (secondary N) is 2. The van der Waals surface area contributed by atoms with Gasteiger partial charge in [0.15, 0.2) is 0 Å². The maximum Gasteiger partial charge on any atom is 0.254 e. The number of fused-ring (bicyclic) bond motifs is 4. The van der Waals surface area contributed by atoms with Crippen molar-refractivity contribution >= 4 is 38.5 Å². The van der Waals surface area contributed by atoms with Gasteiger partial charge in [0, 0.05) is 47.2 Å². The predicted octanol–water partition coefficient (Wildman–Crippen LogP) is 2.87. The second-order valence-corrected chi connectivity index (χ2v) is 5.89. The fourth-order valence-corrected chi connectivity index (χ4v) is 3.41. The molecule has 2 heterocycles. The largest absolute Gasteiger partial charge is 0.354 e. The molecule has 0 unspecified atom stereocenters. The highest BCUT2D eigenvalue weighted by Crippen LogP contribution is 2.36. The van der Waals surface area contributed by atoms with Crippen molar-refractivity contribution in [3.05, 3.63) is 53.9 Å². The van der Waals surface area contributed by atoms with Gasteiger partial charge in [0.25, 0.3) is 5.91 Å². The minimum absolute atomic E-state index is 0.117. The van der Waals surface area contributed by atoms with Crippen LogP contribution in [0.2, 0.25) is 0 Å². The number of pyridine rings is 1. The van der Waals surface area contributed by atoms with Crippen molar-refractivity contribution in [2.45, 2.75) is 6.92 Å². The van der Waals surface area contributed by atoms with E-state index in [-0.39, 0.29) is 5.91 Å². The Hall–Kier alpha value is -2.92. The summed E-state index contributed by atoms with van der Waals surface area (Å²) in [5, 5.41) is 6.97. The van der Waals surface area contributed by atoms with Crippen LogP contribution >= 0.6 is 0 Å². The molecule has 0 radical (unpaired) electrons. The Morgan fingerprint density at radius 3 is 2.88 bits per heavy atom. The molecule has 2 aromatic carbocycles. The number of para-hydroxylation sites is 1. The summed E-state index contributed by atoms with van der Waals surface area (Å²) in [4.78, 5) is 20.5. The van der Waals surface area contributed by atoms with Gasteiger partial charge in [-0.2, -0.15) is 0 Å². The fraction of sp³-hybridized carbons (Fsp3) is 0.158. The maximum absolute atomic E-state index is 12.8. The highest BCUT2D eigenvalue weighted by atomic mass is 16.1. The van der Waals surface area contributed by atoms with Crippen LogP contribution in [0.1, 0.15) is 15.9 Å². The molecule has 0 aliphatic carbocycles. The average molecular weight is 318 g/mol. The standard InChI is InChI=1S/C19H18N4O/c1-11-14-10-21-8-6-12(14)17(19(24)22-9-7-20)18-16(11)13-4-2-3-5-15(13)23-18/h2-6,8,10,23H,7,9,20H2,1H3,(H,22,24). The molecule has 0 saturated heterocycles. The van der Waals surface area contributed by atoms with E-state index >= 15 is 0 Å². The third kappa shape index (κ3) is 2.06. The number of amides is 1. The van der Waals surface area contributed by atoms with Gasteiger partial charge >= 0.3 is 0 Å². The zero-order valence-electron chi connectivity index (χ0n) is 13.4. The molecule has 0 aliphatic rings. The Labute approximate surface area is 138 Å². The van der Waals surface area contributed by atoms with Crippen molar-refractivity contribution < 1.29 is 4.79 Å². The monoisotopic (exact) mass is 318 g/mol. The Bertz CT molecular complexity index is 1080. The number of aromatic amines is 1. The third-order valence-corrected chi connectivity index (χ3v) is 4.48. The molecular formula is C19H18N4O. The van der Waals surface area contributed by atoms with Gasteiger partial charge in [0.1, 0.15) is 0 Å². The van der Waals surface area contributed by atoms with Gasteiger partial charge in [-0.1, -0.05) is 18.2 Å². The lowest BCUT2D eigenvalue weighted by molar-refractivity contribution is 0.0958. The molecule has 4 aromatic rings. The van der Waals surface area contributed by atoms with Crippen molar-refractivity contribution in [3.63, 3.8) is 0 Å². The first kappa shape index (κ1) is 14.7. The van der Waals surface area contributed by atoms with Crippen LogP contribution in [0.15, 0.2) is 42.7 Å². The van der Waals surface area contributed by atoms with Crippen molar-refractivity contribution in [1.29, 1.82) is 0 Å². The molecule has 5 nitrogen and oxygen atoms in total. The highest BCUT2D eigenvalue weighted by molar-refractivity contribution is 6.24. The molecule has 0 saturated carbocycles. The first-order chi connectivity index (χ1) is 11.7. The second kappa shape index (κ2) is 5.62. The Morgan fingerprint density at radius 1 is 1.21 bits per heavy atom. The van der Waals surface area contributed by atoms with E-state index in [0.29, 0.717) is 18.7 Å². The minimum atomic E-state index is -0.117. The molecule has 4 N–H and O–H groups in total. The Balaban J connectivity index is 2.17. The first-order valence-corrected chi connectivity index (χ1v) is 7.97. The topological polar surface area (TPSA) is 83.8 Å². The molecule has 24 heavy (non-hydrogen) atoms. The summed E-state index contributed by atoms with van der Waals surface area (Å²) in [5.41, 5.74) is 9.19. The molecule has 0 bridgehead atoms. The second-order valence-electron chi connectivity index (χ2n) is 5.89. The van der Waals surface area contributed by atoms with E-state index in [1.165, 1.54) is 0 Å². The lowest BCUT2D eigenvalue weighted by Gasteiger charge is -2.12. The quantitative estimate of drug-likeness (QED) is 0.543. The number of benzene rings is 2. The van der Waals surface area contributed by atoms with E-state index in [1.54, 1.807) is 6.20 Å². The number of nitrogens with zero attached hydrogens (tertiary/aromatic N) is 1. The van der Waals surface area contributed by atoms with Crippen LogP contribution in [-0.2, 0) is 0 Å². The van der Waals surface area contributed by atoms with Gasteiger partial charge in [-0.05, 0) is 30.0 Å². The molecule has 2 aromatic heterocycles. The number of hydrogen-bond donors (Lipinski definition) is 3. The van der Waals surface area contributed by atoms with E-state index in [4.69, 9.17) is 5.73 Å².